The first kappa shape index (κ1) is 15.1. The monoisotopic (exact) mass is 357 g/mol. The summed E-state index contributed by atoms with van der Waals surface area (Å²) in [4.78, 5) is 0. The van der Waals surface area contributed by atoms with Crippen LogP contribution in [0.25, 0.3) is 0 Å². The Morgan fingerprint density at radius 1 is 1.25 bits per heavy atom. The summed E-state index contributed by atoms with van der Waals surface area (Å²) in [5.41, 5.74) is 1.86. The van der Waals surface area contributed by atoms with E-state index in [9.17, 15) is 4.39 Å². The lowest BCUT2D eigenvalue weighted by atomic mass is 10.1. The third-order valence-electron chi connectivity index (χ3n) is 2.98. The summed E-state index contributed by atoms with van der Waals surface area (Å²) in [6.07, 6.45) is 0. The number of hydrogen-bond donors (Lipinski definition) is 1. The van der Waals surface area contributed by atoms with E-state index in [1.807, 2.05) is 13.0 Å². The normalized spacial score (nSPS) is 12.1. The lowest BCUT2D eigenvalue weighted by molar-refractivity contribution is 0.415. The Hall–Kier alpha value is -1.26. The number of rotatable bonds is 4. The summed E-state index contributed by atoms with van der Waals surface area (Å²) in [7, 11) is 1.58. The maximum absolute atomic E-state index is 13.2. The molecule has 2 rings (SSSR count). The first-order valence-corrected chi connectivity index (χ1v) is 7.23. The van der Waals surface area contributed by atoms with E-state index in [-0.39, 0.29) is 11.9 Å². The van der Waals surface area contributed by atoms with Crippen molar-refractivity contribution in [2.24, 2.45) is 0 Å². The van der Waals surface area contributed by atoms with Gasteiger partial charge in [0.25, 0.3) is 0 Å². The maximum Gasteiger partial charge on any atom is 0.137 e. The zero-order valence-electron chi connectivity index (χ0n) is 11.1. The molecule has 0 radical (unpaired) electrons. The minimum Gasteiger partial charge on any atom is -0.495 e. The van der Waals surface area contributed by atoms with Crippen LogP contribution in [0.5, 0.6) is 5.75 Å². The van der Waals surface area contributed by atoms with Crippen molar-refractivity contribution in [2.75, 3.05) is 12.4 Å². The Kier molecular flexibility index (Phi) is 4.89. The van der Waals surface area contributed by atoms with Crippen LogP contribution in [0.4, 0.5) is 10.1 Å². The summed E-state index contributed by atoms with van der Waals surface area (Å²) in [5.74, 6) is 0.364. The number of ether oxygens (including phenoxy) is 1. The molecule has 2 aromatic rings. The van der Waals surface area contributed by atoms with Gasteiger partial charge in [0.15, 0.2) is 0 Å². The van der Waals surface area contributed by atoms with Crippen LogP contribution in [-0.4, -0.2) is 7.11 Å². The molecule has 0 aliphatic carbocycles. The average Bonchev–Trinajstić information content (AvgIpc) is 2.42. The minimum atomic E-state index is -0.270. The SMILES string of the molecule is COc1ccc(NC(C)c2ccc(F)c(Br)c2)cc1Cl. The highest BCUT2D eigenvalue weighted by molar-refractivity contribution is 9.10. The Bertz CT molecular complexity index is 621. The number of halogens is 3. The Balaban J connectivity index is 2.16. The summed E-state index contributed by atoms with van der Waals surface area (Å²) >= 11 is 9.27. The van der Waals surface area contributed by atoms with E-state index in [1.54, 1.807) is 31.4 Å². The molecule has 0 aromatic heterocycles. The van der Waals surface area contributed by atoms with E-state index in [2.05, 4.69) is 21.2 Å². The number of nitrogens with one attached hydrogen (secondary N) is 1. The Labute approximate surface area is 131 Å². The minimum absolute atomic E-state index is 0.0244. The Morgan fingerprint density at radius 3 is 2.60 bits per heavy atom. The predicted octanol–water partition coefficient (Wildman–Crippen LogP) is 5.42. The first-order valence-electron chi connectivity index (χ1n) is 6.06. The van der Waals surface area contributed by atoms with Crippen LogP contribution in [0.3, 0.4) is 0 Å². The molecule has 0 aliphatic heterocycles. The predicted molar refractivity (Wildman–Crippen MR) is 84.1 cm³/mol. The van der Waals surface area contributed by atoms with Crippen LogP contribution in [0.15, 0.2) is 40.9 Å². The largest absolute Gasteiger partial charge is 0.495 e. The lowest BCUT2D eigenvalue weighted by Crippen LogP contribution is -2.06. The van der Waals surface area contributed by atoms with E-state index >= 15 is 0 Å². The fraction of sp³-hybridized carbons (Fsp3) is 0.200. The topological polar surface area (TPSA) is 21.3 Å². The molecule has 5 heteroatoms. The average molecular weight is 359 g/mol. The molecule has 0 spiro atoms. The highest BCUT2D eigenvalue weighted by Crippen LogP contribution is 2.29. The molecule has 0 fully saturated rings. The molecule has 106 valence electrons. The molecule has 1 unspecified atom stereocenters. The molecule has 2 nitrogen and oxygen atoms in total. The molecule has 20 heavy (non-hydrogen) atoms. The molecule has 1 N–H and O–H groups in total. The van der Waals surface area contributed by atoms with Crippen LogP contribution in [-0.2, 0) is 0 Å². The van der Waals surface area contributed by atoms with Crippen molar-refractivity contribution in [3.8, 4) is 5.75 Å². The van der Waals surface area contributed by atoms with Gasteiger partial charge in [-0.2, -0.15) is 0 Å². The third kappa shape index (κ3) is 3.44. The zero-order valence-corrected chi connectivity index (χ0v) is 13.4. The summed E-state index contributed by atoms with van der Waals surface area (Å²) in [5, 5.41) is 3.86. The molecule has 2 aromatic carbocycles. The van der Waals surface area contributed by atoms with Crippen molar-refractivity contribution in [1.29, 1.82) is 0 Å². The number of benzene rings is 2. The smallest absolute Gasteiger partial charge is 0.137 e. The van der Waals surface area contributed by atoms with Crippen LogP contribution in [0.2, 0.25) is 5.02 Å². The van der Waals surface area contributed by atoms with E-state index in [1.165, 1.54) is 6.07 Å². The van der Waals surface area contributed by atoms with Gasteiger partial charge in [-0.15, -0.1) is 0 Å². The summed E-state index contributed by atoms with van der Waals surface area (Å²) in [6.45, 7) is 2.00. The Morgan fingerprint density at radius 2 is 2.00 bits per heavy atom. The van der Waals surface area contributed by atoms with Gasteiger partial charge >= 0.3 is 0 Å². The van der Waals surface area contributed by atoms with Crippen molar-refractivity contribution in [3.05, 3.63) is 57.3 Å². The third-order valence-corrected chi connectivity index (χ3v) is 3.88. The van der Waals surface area contributed by atoms with E-state index < -0.39 is 0 Å². The van der Waals surface area contributed by atoms with Crippen molar-refractivity contribution in [1.82, 2.24) is 0 Å². The second kappa shape index (κ2) is 6.46. The van der Waals surface area contributed by atoms with Gasteiger partial charge < -0.3 is 10.1 Å². The molecule has 0 heterocycles. The quantitative estimate of drug-likeness (QED) is 0.787. The molecular formula is C15H14BrClFNO. The van der Waals surface area contributed by atoms with Crippen LogP contribution in [0, 0.1) is 5.82 Å². The van der Waals surface area contributed by atoms with Gasteiger partial charge in [0.2, 0.25) is 0 Å². The lowest BCUT2D eigenvalue weighted by Gasteiger charge is -2.17. The highest BCUT2D eigenvalue weighted by Gasteiger charge is 2.09. The van der Waals surface area contributed by atoms with Crippen LogP contribution >= 0.6 is 27.5 Å². The molecule has 0 saturated heterocycles. The van der Waals surface area contributed by atoms with Gasteiger partial charge in [-0.1, -0.05) is 17.7 Å². The molecule has 0 aliphatic rings. The van der Waals surface area contributed by atoms with Gasteiger partial charge in [0.05, 0.1) is 16.6 Å². The molecule has 1 atom stereocenters. The summed E-state index contributed by atoms with van der Waals surface area (Å²) in [6, 6.07) is 10.5. The van der Waals surface area contributed by atoms with Gasteiger partial charge in [0.1, 0.15) is 11.6 Å². The molecule has 0 amide bonds. The number of anilines is 1. The fourth-order valence-corrected chi connectivity index (χ4v) is 2.53. The van der Waals surface area contributed by atoms with Crippen LogP contribution < -0.4 is 10.1 Å². The molecular weight excluding hydrogens is 345 g/mol. The number of hydrogen-bond acceptors (Lipinski definition) is 2. The van der Waals surface area contributed by atoms with Gasteiger partial charge in [-0.3, -0.25) is 0 Å². The van der Waals surface area contributed by atoms with Gasteiger partial charge in [-0.25, -0.2) is 4.39 Å². The first-order chi connectivity index (χ1) is 9.51. The maximum atomic E-state index is 13.2. The second-order valence-corrected chi connectivity index (χ2v) is 5.65. The van der Waals surface area contributed by atoms with E-state index in [0.29, 0.717) is 15.2 Å². The van der Waals surface area contributed by atoms with Crippen molar-refractivity contribution in [2.45, 2.75) is 13.0 Å². The molecule has 0 saturated carbocycles. The second-order valence-electron chi connectivity index (χ2n) is 4.39. The van der Waals surface area contributed by atoms with Crippen molar-refractivity contribution >= 4 is 33.2 Å². The van der Waals surface area contributed by atoms with E-state index in [4.69, 9.17) is 16.3 Å². The van der Waals surface area contributed by atoms with Gasteiger partial charge in [0, 0.05) is 11.7 Å². The molecule has 0 bridgehead atoms. The summed E-state index contributed by atoms with van der Waals surface area (Å²) < 4.78 is 18.8. The van der Waals surface area contributed by atoms with Crippen LogP contribution in [0.1, 0.15) is 18.5 Å². The fourth-order valence-electron chi connectivity index (χ4n) is 1.87. The van der Waals surface area contributed by atoms with Gasteiger partial charge in [-0.05, 0) is 58.7 Å². The van der Waals surface area contributed by atoms with Crippen molar-refractivity contribution < 1.29 is 9.13 Å². The zero-order chi connectivity index (χ0) is 14.7. The highest BCUT2D eigenvalue weighted by atomic mass is 79.9. The van der Waals surface area contributed by atoms with E-state index in [0.717, 1.165) is 11.3 Å². The standard InChI is InChI=1S/C15H14BrClFNO/c1-9(10-3-5-14(18)12(16)7-10)19-11-4-6-15(20-2)13(17)8-11/h3-9,19H,1-2H3. The number of methoxy groups -OCH3 is 1. The van der Waals surface area contributed by atoms with Crippen molar-refractivity contribution in [3.63, 3.8) is 0 Å².